The second kappa shape index (κ2) is 3.55. The van der Waals surface area contributed by atoms with Gasteiger partial charge >= 0.3 is 0 Å². The van der Waals surface area contributed by atoms with Gasteiger partial charge in [0.2, 0.25) is 9.84 Å². The van der Waals surface area contributed by atoms with Gasteiger partial charge in [-0.2, -0.15) is 0 Å². The second-order valence-corrected chi connectivity index (χ2v) is 6.43. The maximum atomic E-state index is 12.6. The Balaban J connectivity index is 2.22. The lowest BCUT2D eigenvalue weighted by Gasteiger charge is -2.14. The molecule has 0 saturated carbocycles. The summed E-state index contributed by atoms with van der Waals surface area (Å²) in [5.41, 5.74) is 0.973. The molecule has 3 heterocycles. The number of aromatic amines is 1. The van der Waals surface area contributed by atoms with E-state index in [4.69, 9.17) is 0 Å². The number of rotatable bonds is 0. The van der Waals surface area contributed by atoms with Crippen LogP contribution in [0.2, 0.25) is 0 Å². The van der Waals surface area contributed by atoms with Crippen LogP contribution in [-0.4, -0.2) is 24.2 Å². The largest absolute Gasteiger partial charge is 0.345 e. The summed E-state index contributed by atoms with van der Waals surface area (Å²) in [4.78, 5) is 19.3. The molecular formula is C14H8N2O3S. The average molecular weight is 284 g/mol. The summed E-state index contributed by atoms with van der Waals surface area (Å²) < 4.78 is 25.2. The summed E-state index contributed by atoms with van der Waals surface area (Å²) >= 11 is 0. The van der Waals surface area contributed by atoms with Crippen LogP contribution in [0.1, 0.15) is 15.9 Å². The fourth-order valence-corrected chi connectivity index (χ4v) is 4.19. The van der Waals surface area contributed by atoms with E-state index >= 15 is 0 Å². The van der Waals surface area contributed by atoms with Gasteiger partial charge in [0.25, 0.3) is 0 Å². The molecule has 0 aliphatic carbocycles. The van der Waals surface area contributed by atoms with Crippen molar-refractivity contribution in [3.05, 3.63) is 53.9 Å². The van der Waals surface area contributed by atoms with Crippen LogP contribution in [0, 0.1) is 0 Å². The number of sulfone groups is 1. The maximum Gasteiger partial charge on any atom is 0.223 e. The second-order valence-electron chi connectivity index (χ2n) is 4.58. The standard InChI is InChI=1S/C14H8N2O3S/c17-13-9-7-15-6-5-11(9)20(18,19)14-12(13)8-3-1-2-4-10(8)16-14/h1-7,16H. The summed E-state index contributed by atoms with van der Waals surface area (Å²) in [7, 11) is -3.71. The number of ketones is 1. The molecule has 0 amide bonds. The molecular weight excluding hydrogens is 276 g/mol. The van der Waals surface area contributed by atoms with Gasteiger partial charge in [-0.25, -0.2) is 8.42 Å². The van der Waals surface area contributed by atoms with Gasteiger partial charge < -0.3 is 4.98 Å². The van der Waals surface area contributed by atoms with Crippen LogP contribution in [0.5, 0.6) is 0 Å². The molecule has 6 heteroatoms. The highest BCUT2D eigenvalue weighted by Gasteiger charge is 2.37. The first-order chi connectivity index (χ1) is 9.60. The number of para-hydroxylation sites is 1. The minimum Gasteiger partial charge on any atom is -0.345 e. The third-order valence-corrected chi connectivity index (χ3v) is 5.26. The number of benzene rings is 1. The van der Waals surface area contributed by atoms with Gasteiger partial charge in [0.15, 0.2) is 5.78 Å². The summed E-state index contributed by atoms with van der Waals surface area (Å²) in [6.07, 6.45) is 2.68. The molecule has 0 fully saturated rings. The van der Waals surface area contributed by atoms with Crippen LogP contribution in [-0.2, 0) is 9.84 Å². The lowest BCUT2D eigenvalue weighted by molar-refractivity contribution is 0.103. The number of pyridine rings is 1. The topological polar surface area (TPSA) is 79.9 Å². The quantitative estimate of drug-likeness (QED) is 0.535. The molecule has 2 aromatic heterocycles. The van der Waals surface area contributed by atoms with E-state index in [1.54, 1.807) is 24.3 Å². The molecule has 4 rings (SSSR count). The molecule has 1 aliphatic heterocycles. The molecule has 1 aromatic carbocycles. The van der Waals surface area contributed by atoms with Crippen LogP contribution in [0.4, 0.5) is 0 Å². The zero-order valence-electron chi connectivity index (χ0n) is 10.1. The molecule has 0 bridgehead atoms. The highest BCUT2D eigenvalue weighted by Crippen LogP contribution is 2.37. The Morgan fingerprint density at radius 1 is 1.10 bits per heavy atom. The van der Waals surface area contributed by atoms with Crippen molar-refractivity contribution in [2.75, 3.05) is 0 Å². The predicted molar refractivity (Wildman–Crippen MR) is 71.4 cm³/mol. The number of hydrogen-bond donors (Lipinski definition) is 1. The first kappa shape index (κ1) is 11.4. The molecule has 1 N–H and O–H groups in total. The van der Waals surface area contributed by atoms with E-state index < -0.39 is 9.84 Å². The number of hydrogen-bond acceptors (Lipinski definition) is 4. The van der Waals surface area contributed by atoms with Crippen molar-refractivity contribution in [1.82, 2.24) is 9.97 Å². The Morgan fingerprint density at radius 2 is 1.90 bits per heavy atom. The fraction of sp³-hybridized carbons (Fsp3) is 0. The summed E-state index contributed by atoms with van der Waals surface area (Å²) in [5.74, 6) is -0.310. The lowest BCUT2D eigenvalue weighted by Crippen LogP contribution is -2.19. The van der Waals surface area contributed by atoms with Gasteiger partial charge in [0.1, 0.15) is 5.03 Å². The van der Waals surface area contributed by atoms with Crippen molar-refractivity contribution in [2.45, 2.75) is 9.92 Å². The zero-order chi connectivity index (χ0) is 13.9. The molecule has 98 valence electrons. The van der Waals surface area contributed by atoms with E-state index in [2.05, 4.69) is 9.97 Å². The van der Waals surface area contributed by atoms with Crippen LogP contribution in [0.3, 0.4) is 0 Å². The Hall–Kier alpha value is -2.47. The molecule has 0 atom stereocenters. The first-order valence-electron chi connectivity index (χ1n) is 5.95. The van der Waals surface area contributed by atoms with Gasteiger partial charge in [0.05, 0.1) is 16.0 Å². The molecule has 0 spiro atoms. The van der Waals surface area contributed by atoms with Crippen LogP contribution >= 0.6 is 0 Å². The zero-order valence-corrected chi connectivity index (χ0v) is 10.9. The van der Waals surface area contributed by atoms with Crippen LogP contribution in [0.25, 0.3) is 10.9 Å². The third kappa shape index (κ3) is 1.23. The number of aromatic nitrogens is 2. The molecule has 1 aliphatic rings. The van der Waals surface area contributed by atoms with E-state index in [1.807, 2.05) is 0 Å². The molecule has 5 nitrogen and oxygen atoms in total. The van der Waals surface area contributed by atoms with Gasteiger partial charge in [-0.15, -0.1) is 0 Å². The SMILES string of the molecule is O=C1c2cnccc2S(=O)(=O)c2[nH]c3ccccc3c21. The molecule has 0 radical (unpaired) electrons. The number of H-pyrrole nitrogens is 1. The number of nitrogens with one attached hydrogen (secondary N) is 1. The highest BCUT2D eigenvalue weighted by atomic mass is 32.2. The van der Waals surface area contributed by atoms with Gasteiger partial charge in [-0.3, -0.25) is 9.78 Å². The molecule has 20 heavy (non-hydrogen) atoms. The minimum atomic E-state index is -3.71. The Labute approximate surface area is 114 Å². The number of carbonyl (C=O) groups is 1. The Kier molecular flexibility index (Phi) is 2.01. The molecule has 0 unspecified atom stereocenters. The highest BCUT2D eigenvalue weighted by molar-refractivity contribution is 7.91. The predicted octanol–water partition coefficient (Wildman–Crippen LogP) is 1.94. The molecule has 3 aromatic rings. The fourth-order valence-electron chi connectivity index (χ4n) is 2.58. The van der Waals surface area contributed by atoms with Crippen molar-refractivity contribution < 1.29 is 13.2 Å². The van der Waals surface area contributed by atoms with Crippen LogP contribution in [0.15, 0.2) is 52.6 Å². The van der Waals surface area contributed by atoms with Gasteiger partial charge in [-0.1, -0.05) is 18.2 Å². The number of fused-ring (bicyclic) bond motifs is 4. The van der Waals surface area contributed by atoms with E-state index in [1.165, 1.54) is 18.5 Å². The van der Waals surface area contributed by atoms with E-state index in [-0.39, 0.29) is 26.8 Å². The van der Waals surface area contributed by atoms with E-state index in [0.717, 1.165) is 0 Å². The smallest absolute Gasteiger partial charge is 0.223 e. The normalized spacial score (nSPS) is 15.9. The maximum absolute atomic E-state index is 12.6. The van der Waals surface area contributed by atoms with Crippen LogP contribution < -0.4 is 0 Å². The summed E-state index contributed by atoms with van der Waals surface area (Å²) in [6, 6.07) is 8.40. The number of carbonyl (C=O) groups excluding carboxylic acids is 1. The van der Waals surface area contributed by atoms with E-state index in [0.29, 0.717) is 10.9 Å². The van der Waals surface area contributed by atoms with Crippen molar-refractivity contribution in [3.8, 4) is 0 Å². The van der Waals surface area contributed by atoms with Gasteiger partial charge in [-0.05, 0) is 12.1 Å². The van der Waals surface area contributed by atoms with Crippen molar-refractivity contribution >= 4 is 26.5 Å². The first-order valence-corrected chi connectivity index (χ1v) is 7.43. The van der Waals surface area contributed by atoms with Crippen molar-refractivity contribution in [3.63, 3.8) is 0 Å². The average Bonchev–Trinajstić information content (AvgIpc) is 2.86. The third-order valence-electron chi connectivity index (χ3n) is 3.48. The van der Waals surface area contributed by atoms with Gasteiger partial charge in [0, 0.05) is 23.3 Å². The Bertz CT molecular complexity index is 987. The summed E-state index contributed by atoms with van der Waals surface area (Å²) in [6.45, 7) is 0. The van der Waals surface area contributed by atoms with Crippen molar-refractivity contribution in [2.24, 2.45) is 0 Å². The minimum absolute atomic E-state index is 0.0107. The Morgan fingerprint density at radius 3 is 2.75 bits per heavy atom. The monoisotopic (exact) mass is 284 g/mol. The van der Waals surface area contributed by atoms with E-state index in [9.17, 15) is 13.2 Å². The lowest BCUT2D eigenvalue weighted by atomic mass is 10.0. The van der Waals surface area contributed by atoms with Crippen molar-refractivity contribution in [1.29, 1.82) is 0 Å². The molecule has 0 saturated heterocycles. The number of nitrogens with zero attached hydrogens (tertiary/aromatic N) is 1. The summed E-state index contributed by atoms with van der Waals surface area (Å²) in [5, 5.41) is 0.591.